The second kappa shape index (κ2) is 31.6. The van der Waals surface area contributed by atoms with Crippen LogP contribution in [0.25, 0.3) is 0 Å². The third kappa shape index (κ3) is 19.4. The number of rotatable bonds is 30. The fourth-order valence-electron chi connectivity index (χ4n) is 7.72. The van der Waals surface area contributed by atoms with Crippen molar-refractivity contribution in [1.29, 1.82) is 0 Å². The number of unbranched alkanes of at least 4 members (excludes halogenated alkanes) is 6. The van der Waals surface area contributed by atoms with Crippen molar-refractivity contribution in [3.63, 3.8) is 0 Å². The summed E-state index contributed by atoms with van der Waals surface area (Å²) in [5, 5.41) is 93.9. The number of ketones is 1. The molecule has 1 radical (unpaired) electrons. The monoisotopic (exact) mass is 984 g/mol. The minimum Gasteiger partial charge on any atom is -0.394 e. The van der Waals surface area contributed by atoms with Gasteiger partial charge in [-0.3, -0.25) is 19.2 Å². The van der Waals surface area contributed by atoms with Crippen LogP contribution in [0.3, 0.4) is 0 Å². The van der Waals surface area contributed by atoms with Gasteiger partial charge in [0.25, 0.3) is 0 Å². The molecule has 3 rings (SSSR count). The van der Waals surface area contributed by atoms with Gasteiger partial charge in [-0.25, -0.2) is 0 Å². The van der Waals surface area contributed by atoms with Crippen LogP contribution in [0, 0.1) is 0 Å². The van der Waals surface area contributed by atoms with Crippen LogP contribution in [-0.2, 0) is 75.6 Å². The Labute approximate surface area is 394 Å². The van der Waals surface area contributed by atoms with Gasteiger partial charge in [-0.1, -0.05) is 12.8 Å². The SMILES string of the molecule is CO[C@@H]1C[C@@H](CO)N(C(=O)CCCCCCC(=O)[C@@H](CCCCNC(=O)CCCCOC2OC(CO)C(O)C(O)C2O)NC(=O)CCCCOC2OC(CO)C(O)C(O)C2O)C1.[Y]. The minimum absolute atomic E-state index is 0. The first-order chi connectivity index (χ1) is 29.8. The molecular formula is C41H73N3O18Y. The summed E-state index contributed by atoms with van der Waals surface area (Å²) in [6.07, 6.45) is -6.68. The summed E-state index contributed by atoms with van der Waals surface area (Å²) in [6.45, 7) is -0.294. The molecule has 0 saturated carbocycles. The van der Waals surface area contributed by atoms with Crippen LogP contribution in [0.4, 0.5) is 0 Å². The van der Waals surface area contributed by atoms with E-state index in [4.69, 9.17) is 23.7 Å². The summed E-state index contributed by atoms with van der Waals surface area (Å²) in [5.74, 6) is -0.677. The van der Waals surface area contributed by atoms with E-state index in [0.717, 1.165) is 6.42 Å². The smallest absolute Gasteiger partial charge is 0.222 e. The Morgan fingerprint density at radius 1 is 0.635 bits per heavy atom. The van der Waals surface area contributed by atoms with E-state index < -0.39 is 80.7 Å². The van der Waals surface area contributed by atoms with E-state index in [2.05, 4.69) is 10.6 Å². The van der Waals surface area contributed by atoms with Gasteiger partial charge in [0.1, 0.15) is 48.8 Å². The van der Waals surface area contributed by atoms with Crippen molar-refractivity contribution < 1.29 is 122 Å². The third-order valence-corrected chi connectivity index (χ3v) is 11.6. The predicted octanol–water partition coefficient (Wildman–Crippen LogP) is -2.75. The van der Waals surface area contributed by atoms with Gasteiger partial charge in [0, 0.05) is 91.8 Å². The van der Waals surface area contributed by atoms with Gasteiger partial charge < -0.3 is 85.2 Å². The molecule has 0 aromatic heterocycles. The summed E-state index contributed by atoms with van der Waals surface area (Å²) in [6, 6.07) is -0.986. The summed E-state index contributed by atoms with van der Waals surface area (Å²) in [5.41, 5.74) is 0. The second-order valence-corrected chi connectivity index (χ2v) is 16.4. The summed E-state index contributed by atoms with van der Waals surface area (Å²) in [7, 11) is 1.59. The van der Waals surface area contributed by atoms with Gasteiger partial charge in [-0.05, 0) is 64.2 Å². The van der Waals surface area contributed by atoms with Crippen molar-refractivity contribution in [2.45, 2.75) is 182 Å². The molecule has 22 heteroatoms. The fraction of sp³-hybridized carbons (Fsp3) is 0.902. The standard InChI is InChI=1S/C41H73N3O18.Y/c1-58-26-20-25(22-45)44(21-26)33(51)16-5-3-2-4-13-28(48)27(43-32(50)15-8-11-19-60-41-39(57)37(55)35(53)30(24-47)62-41)12-6-9-17-42-31(49)14-7-10-18-59-40-38(56)36(54)34(52)29(23-46)61-40;/h25-27,29-30,34-41,45-47,52-57H,2-24H2,1H3,(H,42,49)(H,43,50);/t25-,26+,27+,29?,30?,34?,35?,36?,37?,38?,39?,40?,41?;/m0./s1. The van der Waals surface area contributed by atoms with Gasteiger partial charge in [0.2, 0.25) is 17.7 Å². The van der Waals surface area contributed by atoms with E-state index in [9.17, 15) is 65.1 Å². The molecule has 0 aromatic carbocycles. The Balaban J connectivity index is 0.0000137. The number of ether oxygens (including phenoxy) is 5. The van der Waals surface area contributed by atoms with Crippen LogP contribution in [0.1, 0.15) is 103 Å². The molecular weight excluding hydrogens is 911 g/mol. The maximum Gasteiger partial charge on any atom is 0.222 e. The molecule has 3 saturated heterocycles. The van der Waals surface area contributed by atoms with Crippen molar-refractivity contribution in [2.24, 2.45) is 0 Å². The van der Waals surface area contributed by atoms with Gasteiger partial charge in [-0.2, -0.15) is 0 Å². The van der Waals surface area contributed by atoms with Crippen molar-refractivity contribution in [1.82, 2.24) is 15.5 Å². The third-order valence-electron chi connectivity index (χ3n) is 11.6. The van der Waals surface area contributed by atoms with Crippen molar-refractivity contribution >= 4 is 23.5 Å². The number of hydrogen-bond donors (Lipinski definition) is 11. The van der Waals surface area contributed by atoms with Crippen molar-refractivity contribution in [3.8, 4) is 0 Å². The van der Waals surface area contributed by atoms with E-state index in [1.54, 1.807) is 12.0 Å². The van der Waals surface area contributed by atoms with E-state index >= 15 is 0 Å². The fourth-order valence-corrected chi connectivity index (χ4v) is 7.72. The first kappa shape index (κ1) is 57.8. The molecule has 63 heavy (non-hydrogen) atoms. The van der Waals surface area contributed by atoms with E-state index in [0.29, 0.717) is 90.1 Å². The van der Waals surface area contributed by atoms with E-state index in [1.807, 2.05) is 0 Å². The molecule has 3 fully saturated rings. The molecule has 0 spiro atoms. The number of hydrogen-bond acceptors (Lipinski definition) is 18. The largest absolute Gasteiger partial charge is 0.394 e. The second-order valence-electron chi connectivity index (χ2n) is 16.4. The van der Waals surface area contributed by atoms with Crippen molar-refractivity contribution in [2.75, 3.05) is 53.2 Å². The van der Waals surface area contributed by atoms with Crippen LogP contribution in [0.5, 0.6) is 0 Å². The number of amides is 3. The van der Waals surface area contributed by atoms with Gasteiger partial charge in [0.15, 0.2) is 18.4 Å². The molecule has 0 aromatic rings. The molecule has 3 heterocycles. The Hall–Kier alpha value is -1.38. The normalized spacial score (nSPS) is 30.1. The zero-order valence-corrected chi connectivity index (χ0v) is 39.3. The van der Waals surface area contributed by atoms with E-state index in [1.165, 1.54) is 0 Å². The Bertz CT molecular complexity index is 1320. The average Bonchev–Trinajstić information content (AvgIpc) is 3.70. The minimum atomic E-state index is -1.56. The number of likely N-dealkylation sites (tertiary alicyclic amines) is 1. The number of carbonyl (C=O) groups is 4. The van der Waals surface area contributed by atoms with Crippen LogP contribution in [0.15, 0.2) is 0 Å². The van der Waals surface area contributed by atoms with Gasteiger partial charge >= 0.3 is 0 Å². The predicted molar refractivity (Wildman–Crippen MR) is 217 cm³/mol. The number of carbonyl (C=O) groups excluding carboxylic acids is 4. The first-order valence-electron chi connectivity index (χ1n) is 22.1. The molecule has 13 atom stereocenters. The first-order valence-corrected chi connectivity index (χ1v) is 22.1. The maximum atomic E-state index is 13.4. The Morgan fingerprint density at radius 2 is 1.16 bits per heavy atom. The molecule has 3 aliphatic heterocycles. The summed E-state index contributed by atoms with van der Waals surface area (Å²) in [4.78, 5) is 53.2. The molecule has 3 amide bonds. The zero-order chi connectivity index (χ0) is 45.6. The quantitative estimate of drug-likeness (QED) is 0.0325. The number of Topliss-reactive ketones (excluding diaryl/α,β-unsaturated/α-hetero) is 1. The average molecular weight is 985 g/mol. The summed E-state index contributed by atoms with van der Waals surface area (Å²) >= 11 is 0. The van der Waals surface area contributed by atoms with Gasteiger partial charge in [0.05, 0.1) is 38.0 Å². The molecule has 3 aliphatic rings. The molecule has 0 bridgehead atoms. The number of nitrogens with zero attached hydrogens (tertiary/aromatic N) is 1. The Morgan fingerprint density at radius 3 is 1.68 bits per heavy atom. The number of aliphatic hydroxyl groups is 9. The van der Waals surface area contributed by atoms with Crippen LogP contribution in [-0.4, -0.2) is 207 Å². The van der Waals surface area contributed by atoms with E-state index in [-0.39, 0.29) is 107 Å². The number of aliphatic hydroxyl groups excluding tert-OH is 9. The van der Waals surface area contributed by atoms with Crippen molar-refractivity contribution in [3.05, 3.63) is 0 Å². The molecule has 10 unspecified atom stereocenters. The van der Waals surface area contributed by atoms with Crippen LogP contribution >= 0.6 is 0 Å². The molecule has 363 valence electrons. The summed E-state index contributed by atoms with van der Waals surface area (Å²) < 4.78 is 26.9. The van der Waals surface area contributed by atoms with Crippen LogP contribution in [0.2, 0.25) is 0 Å². The molecule has 0 aliphatic carbocycles. The van der Waals surface area contributed by atoms with Gasteiger partial charge in [-0.15, -0.1) is 0 Å². The zero-order valence-electron chi connectivity index (χ0n) is 36.5. The number of methoxy groups -OCH3 is 1. The van der Waals surface area contributed by atoms with Crippen LogP contribution < -0.4 is 10.6 Å². The molecule has 11 N–H and O–H groups in total. The topological polar surface area (TPSA) is 324 Å². The number of nitrogens with one attached hydrogen (secondary N) is 2. The maximum absolute atomic E-state index is 13.4. The molecule has 21 nitrogen and oxygen atoms in total. The Kier molecular flexibility index (Phi) is 28.9.